The van der Waals surface area contributed by atoms with Crippen LogP contribution in [0.15, 0.2) is 16.5 Å². The highest BCUT2D eigenvalue weighted by Gasteiger charge is 2.38. The van der Waals surface area contributed by atoms with E-state index in [0.29, 0.717) is 19.2 Å². The lowest BCUT2D eigenvalue weighted by Gasteiger charge is -2.43. The van der Waals surface area contributed by atoms with E-state index in [1.807, 2.05) is 6.07 Å². The molecule has 3 rings (SSSR count). The number of carbonyl (C=O) groups is 1. The largest absolute Gasteiger partial charge is 0.460 e. The topological polar surface area (TPSA) is 60.7 Å². The minimum atomic E-state index is -0.397. The highest BCUT2D eigenvalue weighted by atomic mass is 16.5. The number of furan rings is 1. The van der Waals surface area contributed by atoms with Gasteiger partial charge in [-0.3, -0.25) is 0 Å². The minimum Gasteiger partial charge on any atom is -0.460 e. The summed E-state index contributed by atoms with van der Waals surface area (Å²) in [7, 11) is 0. The predicted molar refractivity (Wildman–Crippen MR) is 86.3 cm³/mol. The van der Waals surface area contributed by atoms with Gasteiger partial charge in [0, 0.05) is 12.6 Å². The molecule has 2 fully saturated rings. The van der Waals surface area contributed by atoms with Gasteiger partial charge in [0.2, 0.25) is 5.76 Å². The van der Waals surface area contributed by atoms with Crippen molar-refractivity contribution in [3.05, 3.63) is 23.7 Å². The summed E-state index contributed by atoms with van der Waals surface area (Å²) in [6, 6.07) is 3.98. The lowest BCUT2D eigenvalue weighted by molar-refractivity contribution is -0.109. The first-order chi connectivity index (χ1) is 11.2. The average Bonchev–Trinajstić information content (AvgIpc) is 3.03. The van der Waals surface area contributed by atoms with Crippen molar-refractivity contribution < 1.29 is 18.7 Å². The molecule has 1 aromatic rings. The second-order valence-electron chi connectivity index (χ2n) is 6.65. The summed E-state index contributed by atoms with van der Waals surface area (Å²) < 4.78 is 16.6. The zero-order valence-electron chi connectivity index (χ0n) is 13.9. The third-order valence-corrected chi connectivity index (χ3v) is 4.96. The molecule has 0 unspecified atom stereocenters. The van der Waals surface area contributed by atoms with Crippen LogP contribution in [0, 0.1) is 0 Å². The molecule has 1 atom stereocenters. The van der Waals surface area contributed by atoms with Crippen LogP contribution in [0.3, 0.4) is 0 Å². The Hall–Kier alpha value is -1.33. The van der Waals surface area contributed by atoms with Crippen molar-refractivity contribution in [3.8, 4) is 0 Å². The lowest BCUT2D eigenvalue weighted by Crippen LogP contribution is -2.47. The fourth-order valence-electron chi connectivity index (χ4n) is 3.78. The lowest BCUT2D eigenvalue weighted by atomic mass is 9.78. The Kier molecular flexibility index (Phi) is 5.38. The van der Waals surface area contributed by atoms with Gasteiger partial charge in [0.15, 0.2) is 0 Å². The van der Waals surface area contributed by atoms with Crippen LogP contribution in [-0.4, -0.2) is 30.8 Å². The molecule has 1 saturated carbocycles. The molecule has 0 bridgehead atoms. The second kappa shape index (κ2) is 7.49. The predicted octanol–water partition coefficient (Wildman–Crippen LogP) is 3.43. The molecule has 1 N–H and O–H groups in total. The Bertz CT molecular complexity index is 513. The Balaban J connectivity index is 1.51. The molecule has 1 aliphatic heterocycles. The van der Waals surface area contributed by atoms with Gasteiger partial charge in [-0.25, -0.2) is 4.79 Å². The fraction of sp³-hybridized carbons (Fsp3) is 0.722. The third-order valence-electron chi connectivity index (χ3n) is 4.96. The number of hydrogen-bond acceptors (Lipinski definition) is 5. The summed E-state index contributed by atoms with van der Waals surface area (Å²) in [6.07, 6.45) is 8.41. The number of esters is 1. The van der Waals surface area contributed by atoms with Crippen LogP contribution in [0.4, 0.5) is 0 Å². The van der Waals surface area contributed by atoms with E-state index in [-0.39, 0.29) is 11.4 Å². The minimum absolute atomic E-state index is 0.105. The maximum absolute atomic E-state index is 11.6. The van der Waals surface area contributed by atoms with Crippen molar-refractivity contribution >= 4 is 5.97 Å². The van der Waals surface area contributed by atoms with Gasteiger partial charge in [0.25, 0.3) is 0 Å². The van der Waals surface area contributed by atoms with Crippen LogP contribution in [-0.2, 0) is 16.0 Å². The zero-order valence-corrected chi connectivity index (χ0v) is 13.9. The molecule has 128 valence electrons. The van der Waals surface area contributed by atoms with Crippen molar-refractivity contribution in [2.75, 3.05) is 13.2 Å². The first-order valence-corrected chi connectivity index (χ1v) is 8.84. The summed E-state index contributed by atoms with van der Waals surface area (Å²) in [4.78, 5) is 11.6. The van der Waals surface area contributed by atoms with Gasteiger partial charge in [-0.05, 0) is 44.7 Å². The molecule has 1 aliphatic carbocycles. The van der Waals surface area contributed by atoms with Crippen LogP contribution in [0.25, 0.3) is 0 Å². The Morgan fingerprint density at radius 1 is 1.35 bits per heavy atom. The van der Waals surface area contributed by atoms with E-state index in [2.05, 4.69) is 5.32 Å². The van der Waals surface area contributed by atoms with Crippen molar-refractivity contribution in [2.24, 2.45) is 0 Å². The van der Waals surface area contributed by atoms with E-state index in [1.165, 1.54) is 32.1 Å². The summed E-state index contributed by atoms with van der Waals surface area (Å²) in [6.45, 7) is 3.62. The van der Waals surface area contributed by atoms with Gasteiger partial charge in [-0.2, -0.15) is 0 Å². The highest BCUT2D eigenvalue weighted by Crippen LogP contribution is 2.38. The summed E-state index contributed by atoms with van der Waals surface area (Å²) in [5.41, 5.74) is 0.105. The molecule has 0 radical (unpaired) electrons. The molecule has 1 saturated heterocycles. The first-order valence-electron chi connectivity index (χ1n) is 8.84. The number of rotatable bonds is 5. The van der Waals surface area contributed by atoms with Crippen molar-refractivity contribution in [1.82, 2.24) is 5.32 Å². The first kappa shape index (κ1) is 16.5. The zero-order chi connectivity index (χ0) is 16.1. The molecule has 2 aliphatic rings. The van der Waals surface area contributed by atoms with E-state index >= 15 is 0 Å². The second-order valence-corrected chi connectivity index (χ2v) is 6.65. The Morgan fingerprint density at radius 2 is 2.17 bits per heavy atom. The van der Waals surface area contributed by atoms with Crippen LogP contribution in [0.2, 0.25) is 0 Å². The van der Waals surface area contributed by atoms with Gasteiger partial charge in [0.05, 0.1) is 18.8 Å². The van der Waals surface area contributed by atoms with E-state index in [4.69, 9.17) is 13.9 Å². The number of hydrogen-bond donors (Lipinski definition) is 1. The molecule has 23 heavy (non-hydrogen) atoms. The van der Waals surface area contributed by atoms with Gasteiger partial charge >= 0.3 is 5.97 Å². The summed E-state index contributed by atoms with van der Waals surface area (Å²) in [5, 5.41) is 3.57. The maximum Gasteiger partial charge on any atom is 0.374 e. The van der Waals surface area contributed by atoms with E-state index in [9.17, 15) is 4.79 Å². The standard InChI is InChI=1S/C18H27NO4/c1-2-21-17(20)16-7-6-15(23-16)13-19-14-8-11-22-18(12-14)9-4-3-5-10-18/h6-7,14,19H,2-5,8-13H2,1H3/t14-/m0/s1. The van der Waals surface area contributed by atoms with Crippen LogP contribution < -0.4 is 5.32 Å². The number of ether oxygens (including phenoxy) is 2. The number of carbonyl (C=O) groups excluding carboxylic acids is 1. The maximum atomic E-state index is 11.6. The summed E-state index contributed by atoms with van der Waals surface area (Å²) in [5.74, 6) is 0.655. The van der Waals surface area contributed by atoms with Gasteiger partial charge < -0.3 is 19.2 Å². The van der Waals surface area contributed by atoms with Crippen LogP contribution in [0.5, 0.6) is 0 Å². The van der Waals surface area contributed by atoms with Crippen molar-refractivity contribution in [3.63, 3.8) is 0 Å². The number of nitrogens with one attached hydrogen (secondary N) is 1. The van der Waals surface area contributed by atoms with E-state index in [1.54, 1.807) is 13.0 Å². The van der Waals surface area contributed by atoms with E-state index in [0.717, 1.165) is 25.2 Å². The molecule has 5 nitrogen and oxygen atoms in total. The third kappa shape index (κ3) is 4.15. The molecule has 0 aromatic carbocycles. The van der Waals surface area contributed by atoms with Crippen LogP contribution in [0.1, 0.15) is 68.2 Å². The van der Waals surface area contributed by atoms with Gasteiger partial charge in [-0.15, -0.1) is 0 Å². The quantitative estimate of drug-likeness (QED) is 0.842. The van der Waals surface area contributed by atoms with Crippen molar-refractivity contribution in [1.29, 1.82) is 0 Å². The smallest absolute Gasteiger partial charge is 0.374 e. The molecule has 0 amide bonds. The van der Waals surface area contributed by atoms with Crippen molar-refractivity contribution in [2.45, 2.75) is 70.1 Å². The molecular weight excluding hydrogens is 294 g/mol. The molecule has 5 heteroatoms. The molecule has 1 spiro atoms. The highest BCUT2D eigenvalue weighted by molar-refractivity contribution is 5.86. The SMILES string of the molecule is CCOC(=O)c1ccc(CN[C@H]2CCOC3(CCCCC3)C2)o1. The monoisotopic (exact) mass is 321 g/mol. The molecule has 1 aromatic heterocycles. The Labute approximate surface area is 137 Å². The normalized spacial score (nSPS) is 23.8. The summed E-state index contributed by atoms with van der Waals surface area (Å²) >= 11 is 0. The van der Waals surface area contributed by atoms with Gasteiger partial charge in [-0.1, -0.05) is 19.3 Å². The van der Waals surface area contributed by atoms with Crippen LogP contribution >= 0.6 is 0 Å². The van der Waals surface area contributed by atoms with E-state index < -0.39 is 5.97 Å². The van der Waals surface area contributed by atoms with Gasteiger partial charge in [0.1, 0.15) is 5.76 Å². The molecule has 2 heterocycles. The Morgan fingerprint density at radius 3 is 2.96 bits per heavy atom. The fourth-order valence-corrected chi connectivity index (χ4v) is 3.78. The molecular formula is C18H27NO4. The average molecular weight is 321 g/mol.